The van der Waals surface area contributed by atoms with E-state index in [0.29, 0.717) is 49.3 Å². The van der Waals surface area contributed by atoms with Gasteiger partial charge in [0.15, 0.2) is 5.16 Å². The summed E-state index contributed by atoms with van der Waals surface area (Å²) in [5.74, 6) is 0.621. The summed E-state index contributed by atoms with van der Waals surface area (Å²) in [5.41, 5.74) is 0.562. The molecule has 0 saturated carbocycles. The Morgan fingerprint density at radius 1 is 1.20 bits per heavy atom. The lowest BCUT2D eigenvalue weighted by atomic mass is 10.3. The van der Waals surface area contributed by atoms with Crippen LogP contribution in [0.1, 0.15) is 5.82 Å². The molecule has 2 amide bonds. The molecule has 2 aromatic rings. The number of hydrogen-bond acceptors (Lipinski definition) is 6. The van der Waals surface area contributed by atoms with Crippen LogP contribution in [0.5, 0.6) is 0 Å². The number of piperazine rings is 1. The standard InChI is InChI=1S/C20H25FN6O2S/c1-3-8-27-15(2)23-24-20(27)30-14-19(29)26-11-9-25(10-12-26)13-18(28)22-17-6-4-16(21)5-7-17/h3-7H,1,8-14H2,2H3,(H,22,28). The topological polar surface area (TPSA) is 83.4 Å². The SMILES string of the molecule is C=CCn1c(C)nnc1SCC(=O)N1CCN(CC(=O)Nc2ccc(F)cc2)CC1. The molecule has 1 saturated heterocycles. The normalized spacial score (nSPS) is 14.5. The van der Waals surface area contributed by atoms with E-state index in [1.807, 2.05) is 21.3 Å². The first-order valence-corrected chi connectivity index (χ1v) is 10.6. The average molecular weight is 433 g/mol. The summed E-state index contributed by atoms with van der Waals surface area (Å²) in [4.78, 5) is 28.5. The van der Waals surface area contributed by atoms with Crippen molar-refractivity contribution in [3.63, 3.8) is 0 Å². The predicted octanol–water partition coefficient (Wildman–Crippen LogP) is 1.79. The van der Waals surface area contributed by atoms with E-state index in [9.17, 15) is 14.0 Å². The highest BCUT2D eigenvalue weighted by atomic mass is 32.2. The molecule has 3 rings (SSSR count). The zero-order valence-corrected chi connectivity index (χ0v) is 17.7. The lowest BCUT2D eigenvalue weighted by Crippen LogP contribution is -2.50. The van der Waals surface area contributed by atoms with Crippen molar-refractivity contribution in [2.45, 2.75) is 18.6 Å². The van der Waals surface area contributed by atoms with E-state index in [0.717, 1.165) is 5.82 Å². The summed E-state index contributed by atoms with van der Waals surface area (Å²) < 4.78 is 14.9. The van der Waals surface area contributed by atoms with Gasteiger partial charge >= 0.3 is 0 Å². The van der Waals surface area contributed by atoms with Crippen LogP contribution in [-0.4, -0.2) is 74.9 Å². The number of aromatic nitrogens is 3. The van der Waals surface area contributed by atoms with Crippen LogP contribution >= 0.6 is 11.8 Å². The van der Waals surface area contributed by atoms with Crippen LogP contribution < -0.4 is 5.32 Å². The molecule has 30 heavy (non-hydrogen) atoms. The van der Waals surface area contributed by atoms with Crippen molar-refractivity contribution in [3.05, 3.63) is 48.6 Å². The first-order valence-electron chi connectivity index (χ1n) is 9.65. The van der Waals surface area contributed by atoms with Gasteiger partial charge in [0, 0.05) is 38.4 Å². The molecule has 10 heteroatoms. The van der Waals surface area contributed by atoms with Gasteiger partial charge in [0.2, 0.25) is 11.8 Å². The molecule has 160 valence electrons. The number of anilines is 1. The van der Waals surface area contributed by atoms with E-state index in [4.69, 9.17) is 0 Å². The van der Waals surface area contributed by atoms with Gasteiger partial charge in [0.1, 0.15) is 11.6 Å². The smallest absolute Gasteiger partial charge is 0.238 e. The van der Waals surface area contributed by atoms with Crippen LogP contribution in [0.2, 0.25) is 0 Å². The Hall–Kier alpha value is -2.72. The maximum absolute atomic E-state index is 12.9. The number of halogens is 1. The first kappa shape index (κ1) is 22.0. The van der Waals surface area contributed by atoms with E-state index >= 15 is 0 Å². The molecule has 0 unspecified atom stereocenters. The van der Waals surface area contributed by atoms with Gasteiger partial charge in [0.25, 0.3) is 0 Å². The molecule has 0 atom stereocenters. The number of amides is 2. The maximum atomic E-state index is 12.9. The van der Waals surface area contributed by atoms with Crippen molar-refractivity contribution in [1.29, 1.82) is 0 Å². The Morgan fingerprint density at radius 2 is 1.90 bits per heavy atom. The molecule has 2 heterocycles. The Kier molecular flexibility index (Phi) is 7.58. The summed E-state index contributed by atoms with van der Waals surface area (Å²) in [7, 11) is 0. The molecule has 1 aliphatic rings. The second-order valence-corrected chi connectivity index (χ2v) is 7.87. The van der Waals surface area contributed by atoms with Crippen molar-refractivity contribution in [2.24, 2.45) is 0 Å². The average Bonchev–Trinajstić information content (AvgIpc) is 3.08. The molecule has 1 aromatic heterocycles. The van der Waals surface area contributed by atoms with Crippen LogP contribution in [0.4, 0.5) is 10.1 Å². The minimum absolute atomic E-state index is 0.0428. The zero-order chi connectivity index (χ0) is 21.5. The Bertz CT molecular complexity index is 893. The van der Waals surface area contributed by atoms with E-state index < -0.39 is 0 Å². The van der Waals surface area contributed by atoms with Gasteiger partial charge in [-0.2, -0.15) is 0 Å². The monoisotopic (exact) mass is 432 g/mol. The van der Waals surface area contributed by atoms with Gasteiger partial charge in [0.05, 0.1) is 12.3 Å². The van der Waals surface area contributed by atoms with Crippen molar-refractivity contribution < 1.29 is 14.0 Å². The van der Waals surface area contributed by atoms with Gasteiger partial charge in [-0.15, -0.1) is 16.8 Å². The fourth-order valence-corrected chi connectivity index (χ4v) is 4.01. The van der Waals surface area contributed by atoms with Crippen LogP contribution in [0, 0.1) is 12.7 Å². The number of aryl methyl sites for hydroxylation is 1. The molecule has 0 aliphatic carbocycles. The maximum Gasteiger partial charge on any atom is 0.238 e. The van der Waals surface area contributed by atoms with E-state index in [1.165, 1.54) is 36.0 Å². The molecular formula is C20H25FN6O2S. The molecule has 0 spiro atoms. The lowest BCUT2D eigenvalue weighted by Gasteiger charge is -2.34. The van der Waals surface area contributed by atoms with Crippen molar-refractivity contribution >= 4 is 29.3 Å². The van der Waals surface area contributed by atoms with Crippen LogP contribution in [0.3, 0.4) is 0 Å². The highest BCUT2D eigenvalue weighted by molar-refractivity contribution is 7.99. The number of nitrogens with zero attached hydrogens (tertiary/aromatic N) is 5. The number of thioether (sulfide) groups is 1. The molecule has 0 bridgehead atoms. The highest BCUT2D eigenvalue weighted by Gasteiger charge is 2.23. The summed E-state index contributed by atoms with van der Waals surface area (Å²) in [6.07, 6.45) is 1.77. The molecule has 0 radical (unpaired) electrons. The number of nitrogens with one attached hydrogen (secondary N) is 1. The summed E-state index contributed by atoms with van der Waals surface area (Å²) in [6, 6.07) is 5.66. The quantitative estimate of drug-likeness (QED) is 0.506. The second kappa shape index (κ2) is 10.4. The molecule has 1 N–H and O–H groups in total. The highest BCUT2D eigenvalue weighted by Crippen LogP contribution is 2.18. The molecular weight excluding hydrogens is 407 g/mol. The van der Waals surface area contributed by atoms with Crippen molar-refractivity contribution in [2.75, 3.05) is 43.8 Å². The first-order chi connectivity index (χ1) is 14.5. The van der Waals surface area contributed by atoms with Gasteiger partial charge in [-0.25, -0.2) is 4.39 Å². The molecule has 1 fully saturated rings. The minimum atomic E-state index is -0.344. The van der Waals surface area contributed by atoms with Crippen LogP contribution in [0.25, 0.3) is 0 Å². The largest absolute Gasteiger partial charge is 0.339 e. The number of carbonyl (C=O) groups excluding carboxylic acids is 2. The third kappa shape index (κ3) is 5.90. The summed E-state index contributed by atoms with van der Waals surface area (Å²) in [6.45, 7) is 8.83. The number of rotatable bonds is 8. The fourth-order valence-electron chi connectivity index (χ4n) is 3.12. The Balaban J connectivity index is 1.41. The Labute approximate surface area is 179 Å². The molecule has 1 aromatic carbocycles. The van der Waals surface area contributed by atoms with Gasteiger partial charge < -0.3 is 14.8 Å². The van der Waals surface area contributed by atoms with Crippen molar-refractivity contribution in [1.82, 2.24) is 24.6 Å². The van der Waals surface area contributed by atoms with Crippen LogP contribution in [-0.2, 0) is 16.1 Å². The minimum Gasteiger partial charge on any atom is -0.339 e. The van der Waals surface area contributed by atoms with E-state index in [1.54, 1.807) is 6.08 Å². The summed E-state index contributed by atoms with van der Waals surface area (Å²) >= 11 is 1.37. The lowest BCUT2D eigenvalue weighted by molar-refractivity contribution is -0.130. The van der Waals surface area contributed by atoms with Crippen LogP contribution in [0.15, 0.2) is 42.1 Å². The van der Waals surface area contributed by atoms with E-state index in [2.05, 4.69) is 22.1 Å². The number of allylic oxidation sites excluding steroid dienone is 1. The molecule has 8 nitrogen and oxygen atoms in total. The predicted molar refractivity (Wildman–Crippen MR) is 114 cm³/mol. The van der Waals surface area contributed by atoms with Crippen molar-refractivity contribution in [3.8, 4) is 0 Å². The second-order valence-electron chi connectivity index (χ2n) is 6.93. The number of carbonyl (C=O) groups is 2. The Morgan fingerprint density at radius 3 is 2.57 bits per heavy atom. The molecule has 1 aliphatic heterocycles. The fraction of sp³-hybridized carbons (Fsp3) is 0.400. The zero-order valence-electron chi connectivity index (χ0n) is 16.9. The van der Waals surface area contributed by atoms with Gasteiger partial charge in [-0.05, 0) is 31.2 Å². The number of hydrogen-bond donors (Lipinski definition) is 1. The summed E-state index contributed by atoms with van der Waals surface area (Å²) in [5, 5.41) is 11.6. The van der Waals surface area contributed by atoms with Gasteiger partial charge in [-0.1, -0.05) is 17.8 Å². The van der Waals surface area contributed by atoms with E-state index in [-0.39, 0.29) is 24.2 Å². The van der Waals surface area contributed by atoms with Gasteiger partial charge in [-0.3, -0.25) is 14.5 Å². The third-order valence-corrected chi connectivity index (χ3v) is 5.71. The third-order valence-electron chi connectivity index (χ3n) is 4.76. The number of benzene rings is 1.